The molecule has 0 saturated carbocycles. The molecule has 1 amide bonds. The molecule has 0 unspecified atom stereocenters. The van der Waals surface area contributed by atoms with Gasteiger partial charge in [0.15, 0.2) is 0 Å². The Hall–Kier alpha value is -2.49. The zero-order valence-electron chi connectivity index (χ0n) is 16.8. The number of hydrogen-bond acceptors (Lipinski definition) is 3. The Morgan fingerprint density at radius 1 is 1.00 bits per heavy atom. The molecule has 146 valence electrons. The summed E-state index contributed by atoms with van der Waals surface area (Å²) >= 11 is 0. The van der Waals surface area contributed by atoms with E-state index in [1.807, 2.05) is 36.4 Å². The first-order valence-corrected chi connectivity index (χ1v) is 10.0. The van der Waals surface area contributed by atoms with Gasteiger partial charge in [-0.2, -0.15) is 0 Å². The van der Waals surface area contributed by atoms with E-state index >= 15 is 0 Å². The molecule has 4 heteroatoms. The minimum absolute atomic E-state index is 0.0643. The third kappa shape index (κ3) is 6.97. The van der Waals surface area contributed by atoms with Crippen molar-refractivity contribution in [3.8, 4) is 5.75 Å². The fourth-order valence-corrected chi connectivity index (χ4v) is 2.90. The molecule has 4 nitrogen and oxygen atoms in total. The molecule has 2 aromatic carbocycles. The fourth-order valence-electron chi connectivity index (χ4n) is 2.90. The van der Waals surface area contributed by atoms with Gasteiger partial charge < -0.3 is 4.74 Å². The van der Waals surface area contributed by atoms with E-state index in [2.05, 4.69) is 31.4 Å². The lowest BCUT2D eigenvalue weighted by atomic mass is 10.1. The van der Waals surface area contributed by atoms with E-state index in [9.17, 15) is 4.79 Å². The number of unbranched alkanes of at least 4 members (excludes halogenated alkanes) is 3. The number of ether oxygens (including phenoxy) is 1. The van der Waals surface area contributed by atoms with Crippen molar-refractivity contribution >= 4 is 17.3 Å². The molecule has 0 heterocycles. The van der Waals surface area contributed by atoms with Crippen molar-refractivity contribution in [2.45, 2.75) is 59.3 Å². The lowest BCUT2D eigenvalue weighted by Crippen LogP contribution is -2.34. The van der Waals surface area contributed by atoms with Crippen LogP contribution in [0.5, 0.6) is 5.75 Å². The number of hydrazine groups is 1. The summed E-state index contributed by atoms with van der Waals surface area (Å²) in [5.74, 6) is 0.735. The molecule has 0 aromatic heterocycles. The summed E-state index contributed by atoms with van der Waals surface area (Å²) in [7, 11) is 0. The Balaban J connectivity index is 2.03. The molecule has 0 aliphatic carbocycles. The summed E-state index contributed by atoms with van der Waals surface area (Å²) in [6.07, 6.45) is 7.08. The first-order chi connectivity index (χ1) is 13.1. The normalized spacial score (nSPS) is 10.5. The van der Waals surface area contributed by atoms with Gasteiger partial charge in [0.1, 0.15) is 5.75 Å². The molecule has 0 fully saturated rings. The lowest BCUT2D eigenvalue weighted by molar-refractivity contribution is -0.116. The third-order valence-corrected chi connectivity index (χ3v) is 4.38. The van der Waals surface area contributed by atoms with Crippen LogP contribution in [-0.2, 0) is 11.2 Å². The Morgan fingerprint density at radius 3 is 2.44 bits per heavy atom. The number of hydrogen-bond donors (Lipinski definition) is 1. The molecule has 0 atom stereocenters. The summed E-state index contributed by atoms with van der Waals surface area (Å²) in [6, 6.07) is 15.9. The van der Waals surface area contributed by atoms with Gasteiger partial charge in [-0.25, -0.2) is 5.01 Å². The van der Waals surface area contributed by atoms with E-state index in [-0.39, 0.29) is 5.91 Å². The second-order valence-electron chi connectivity index (χ2n) is 6.82. The zero-order chi connectivity index (χ0) is 19.5. The average Bonchev–Trinajstić information content (AvgIpc) is 2.68. The topological polar surface area (TPSA) is 41.6 Å². The van der Waals surface area contributed by atoms with Crippen LogP contribution in [0.1, 0.15) is 58.4 Å². The quantitative estimate of drug-likeness (QED) is 0.392. The smallest absolute Gasteiger partial charge is 0.242 e. The summed E-state index contributed by atoms with van der Waals surface area (Å²) in [5.41, 5.74) is 6.16. The second kappa shape index (κ2) is 11.3. The van der Waals surface area contributed by atoms with E-state index in [0.29, 0.717) is 6.61 Å². The zero-order valence-corrected chi connectivity index (χ0v) is 16.8. The van der Waals surface area contributed by atoms with E-state index in [1.165, 1.54) is 31.2 Å². The number of carbonyl (C=O) groups is 1. The maximum absolute atomic E-state index is 12.2. The number of rotatable bonds is 11. The van der Waals surface area contributed by atoms with Gasteiger partial charge in [-0.3, -0.25) is 10.2 Å². The Labute approximate surface area is 163 Å². The first-order valence-electron chi connectivity index (χ1n) is 10.0. The van der Waals surface area contributed by atoms with Crippen molar-refractivity contribution in [3.05, 3.63) is 54.1 Å². The summed E-state index contributed by atoms with van der Waals surface area (Å²) in [4.78, 5) is 12.2. The van der Waals surface area contributed by atoms with Crippen molar-refractivity contribution in [1.29, 1.82) is 0 Å². The number of amides is 1. The van der Waals surface area contributed by atoms with Crippen LogP contribution in [0, 0.1) is 0 Å². The molecule has 0 radical (unpaired) electrons. The molecule has 0 aliphatic rings. The van der Waals surface area contributed by atoms with Crippen molar-refractivity contribution < 1.29 is 9.53 Å². The Bertz CT molecular complexity index is 698. The number of carbonyl (C=O) groups excluding carboxylic acids is 1. The molecule has 27 heavy (non-hydrogen) atoms. The van der Waals surface area contributed by atoms with Crippen LogP contribution in [0.25, 0.3) is 0 Å². The summed E-state index contributed by atoms with van der Waals surface area (Å²) in [6.45, 7) is 6.54. The molecule has 2 rings (SSSR count). The monoisotopic (exact) mass is 368 g/mol. The molecule has 0 saturated heterocycles. The minimum Gasteiger partial charge on any atom is -0.494 e. The third-order valence-electron chi connectivity index (χ3n) is 4.38. The van der Waals surface area contributed by atoms with Crippen molar-refractivity contribution in [2.75, 3.05) is 17.0 Å². The number of anilines is 2. The molecular formula is C23H32N2O2. The van der Waals surface area contributed by atoms with Crippen LogP contribution in [0.15, 0.2) is 48.5 Å². The predicted octanol–water partition coefficient (Wildman–Crippen LogP) is 5.98. The van der Waals surface area contributed by atoms with Crippen molar-refractivity contribution in [3.63, 3.8) is 0 Å². The molecule has 0 spiro atoms. The van der Waals surface area contributed by atoms with E-state index in [1.54, 1.807) is 11.9 Å². The van der Waals surface area contributed by atoms with Gasteiger partial charge >= 0.3 is 0 Å². The molecule has 1 N–H and O–H groups in total. The van der Waals surface area contributed by atoms with E-state index < -0.39 is 0 Å². The number of benzene rings is 2. The highest BCUT2D eigenvalue weighted by atomic mass is 16.5. The maximum Gasteiger partial charge on any atom is 0.242 e. The molecule has 2 aromatic rings. The van der Waals surface area contributed by atoms with Gasteiger partial charge in [-0.1, -0.05) is 51.3 Å². The molecular weight excluding hydrogens is 336 g/mol. The maximum atomic E-state index is 12.2. The Morgan fingerprint density at radius 2 is 1.78 bits per heavy atom. The van der Waals surface area contributed by atoms with Gasteiger partial charge in [0.25, 0.3) is 0 Å². The van der Waals surface area contributed by atoms with Crippen LogP contribution in [0.3, 0.4) is 0 Å². The summed E-state index contributed by atoms with van der Waals surface area (Å²) < 4.78 is 5.67. The highest BCUT2D eigenvalue weighted by Crippen LogP contribution is 2.22. The first kappa shape index (κ1) is 20.8. The van der Waals surface area contributed by atoms with Crippen molar-refractivity contribution in [1.82, 2.24) is 0 Å². The predicted molar refractivity (Wildman–Crippen MR) is 113 cm³/mol. The second-order valence-corrected chi connectivity index (χ2v) is 6.82. The van der Waals surface area contributed by atoms with Crippen LogP contribution in [0.4, 0.5) is 11.4 Å². The van der Waals surface area contributed by atoms with Gasteiger partial charge in [0.05, 0.1) is 18.0 Å². The SMILES string of the molecule is CCCCCCc1ccc(N(Nc2cccc(OCCC)c2)C(C)=O)cc1. The van der Waals surface area contributed by atoms with Crippen LogP contribution >= 0.6 is 0 Å². The van der Waals surface area contributed by atoms with Gasteiger partial charge in [-0.05, 0) is 49.1 Å². The van der Waals surface area contributed by atoms with Gasteiger partial charge in [0, 0.05) is 13.0 Å². The average molecular weight is 369 g/mol. The number of nitrogens with zero attached hydrogens (tertiary/aromatic N) is 1. The summed E-state index contributed by atoms with van der Waals surface area (Å²) in [5, 5.41) is 1.57. The van der Waals surface area contributed by atoms with Gasteiger partial charge in [0.2, 0.25) is 5.91 Å². The van der Waals surface area contributed by atoms with E-state index in [0.717, 1.165) is 30.0 Å². The highest BCUT2D eigenvalue weighted by molar-refractivity contribution is 5.93. The fraction of sp³-hybridized carbons (Fsp3) is 0.435. The van der Waals surface area contributed by atoms with Crippen molar-refractivity contribution in [2.24, 2.45) is 0 Å². The van der Waals surface area contributed by atoms with Crippen LogP contribution < -0.4 is 15.2 Å². The minimum atomic E-state index is -0.0643. The van der Waals surface area contributed by atoms with Crippen LogP contribution in [0.2, 0.25) is 0 Å². The standard InChI is InChI=1S/C23H32N2O2/c1-4-6-7-8-10-20-13-15-22(16-14-20)25(19(3)26)24-21-11-9-12-23(18-21)27-17-5-2/h9,11-16,18,24H,4-8,10,17H2,1-3H3. The molecule has 0 bridgehead atoms. The van der Waals surface area contributed by atoms with E-state index in [4.69, 9.17) is 4.74 Å². The number of aryl methyl sites for hydroxylation is 1. The molecule has 0 aliphatic heterocycles. The van der Waals surface area contributed by atoms with Crippen LogP contribution in [-0.4, -0.2) is 12.5 Å². The largest absolute Gasteiger partial charge is 0.494 e. The highest BCUT2D eigenvalue weighted by Gasteiger charge is 2.12. The Kier molecular flexibility index (Phi) is 8.69. The lowest BCUT2D eigenvalue weighted by Gasteiger charge is -2.23. The number of nitrogens with one attached hydrogen (secondary N) is 1. The van der Waals surface area contributed by atoms with Gasteiger partial charge in [-0.15, -0.1) is 0 Å².